The number of hydrogen-bond acceptors (Lipinski definition) is 5. The molecular formula is C12H14N4O3. The van der Waals surface area contributed by atoms with Gasteiger partial charge in [-0.1, -0.05) is 5.16 Å². The molecule has 4 N–H and O–H groups in total. The lowest BCUT2D eigenvalue weighted by Crippen LogP contribution is -2.24. The highest BCUT2D eigenvalue weighted by atomic mass is 16.4. The molecule has 0 saturated heterocycles. The van der Waals surface area contributed by atoms with Crippen LogP contribution < -0.4 is 11.1 Å². The predicted molar refractivity (Wildman–Crippen MR) is 69.4 cm³/mol. The van der Waals surface area contributed by atoms with Crippen LogP contribution in [0.5, 0.6) is 0 Å². The Morgan fingerprint density at radius 1 is 1.37 bits per heavy atom. The number of benzene rings is 1. The summed E-state index contributed by atoms with van der Waals surface area (Å²) in [5.74, 6) is -0.469. The van der Waals surface area contributed by atoms with Crippen molar-refractivity contribution >= 4 is 23.3 Å². The summed E-state index contributed by atoms with van der Waals surface area (Å²) in [4.78, 5) is 24.6. The lowest BCUT2D eigenvalue weighted by Gasteiger charge is -2.06. The van der Waals surface area contributed by atoms with Gasteiger partial charge in [-0.05, 0) is 18.2 Å². The second kappa shape index (κ2) is 4.97. The van der Waals surface area contributed by atoms with Crippen LogP contribution >= 0.6 is 0 Å². The van der Waals surface area contributed by atoms with Gasteiger partial charge < -0.3 is 16.3 Å². The monoisotopic (exact) mass is 262 g/mol. The van der Waals surface area contributed by atoms with Crippen molar-refractivity contribution in [2.45, 2.75) is 6.42 Å². The van der Waals surface area contributed by atoms with Crippen LogP contribution in [0, 0.1) is 0 Å². The molecule has 0 unspecified atom stereocenters. The molecule has 1 aromatic carbocycles. The van der Waals surface area contributed by atoms with Gasteiger partial charge in [-0.15, -0.1) is 0 Å². The highest BCUT2D eigenvalue weighted by Crippen LogP contribution is 2.24. The minimum absolute atomic E-state index is 0.125. The molecule has 1 heterocycles. The van der Waals surface area contributed by atoms with E-state index in [9.17, 15) is 9.59 Å². The molecule has 0 bridgehead atoms. The highest BCUT2D eigenvalue weighted by molar-refractivity contribution is 6.21. The van der Waals surface area contributed by atoms with E-state index in [4.69, 9.17) is 10.9 Å². The Bertz CT molecular complexity index is 568. The first-order chi connectivity index (χ1) is 9.04. The number of nitrogens with two attached hydrogens (primary N) is 1. The Labute approximate surface area is 109 Å². The van der Waals surface area contributed by atoms with Crippen LogP contribution in [0.1, 0.15) is 27.1 Å². The second-order valence-electron chi connectivity index (χ2n) is 4.20. The van der Waals surface area contributed by atoms with Gasteiger partial charge in [0, 0.05) is 25.7 Å². The largest absolute Gasteiger partial charge is 0.409 e. The van der Waals surface area contributed by atoms with Gasteiger partial charge in [0.2, 0.25) is 0 Å². The number of nitrogens with one attached hydrogen (secondary N) is 1. The fourth-order valence-corrected chi connectivity index (χ4v) is 1.86. The van der Waals surface area contributed by atoms with Gasteiger partial charge in [0.15, 0.2) is 0 Å². The molecule has 7 heteroatoms. The number of imide groups is 1. The maximum Gasteiger partial charge on any atom is 0.261 e. The van der Waals surface area contributed by atoms with Crippen LogP contribution in [0.2, 0.25) is 0 Å². The van der Waals surface area contributed by atoms with Gasteiger partial charge >= 0.3 is 0 Å². The average Bonchev–Trinajstić information content (AvgIpc) is 2.63. The lowest BCUT2D eigenvalue weighted by molar-refractivity contribution is 0.0693. The molecule has 1 aromatic rings. The first kappa shape index (κ1) is 12.9. The van der Waals surface area contributed by atoms with Crippen LogP contribution in [-0.4, -0.2) is 41.3 Å². The van der Waals surface area contributed by atoms with E-state index in [1.165, 1.54) is 7.05 Å². The summed E-state index contributed by atoms with van der Waals surface area (Å²) >= 11 is 0. The molecule has 1 aliphatic rings. The van der Waals surface area contributed by atoms with Gasteiger partial charge in [0.05, 0.1) is 11.1 Å². The summed E-state index contributed by atoms with van der Waals surface area (Å²) < 4.78 is 0. The maximum atomic E-state index is 11.8. The van der Waals surface area contributed by atoms with Crippen LogP contribution in [0.3, 0.4) is 0 Å². The first-order valence-electron chi connectivity index (χ1n) is 5.71. The summed E-state index contributed by atoms with van der Waals surface area (Å²) in [6, 6.07) is 4.96. The third-order valence-corrected chi connectivity index (χ3v) is 2.93. The molecule has 0 atom stereocenters. The maximum absolute atomic E-state index is 11.8. The normalized spacial score (nSPS) is 14.8. The highest BCUT2D eigenvalue weighted by Gasteiger charge is 2.32. The zero-order valence-corrected chi connectivity index (χ0v) is 10.4. The van der Waals surface area contributed by atoms with E-state index >= 15 is 0 Å². The number of oxime groups is 1. The minimum Gasteiger partial charge on any atom is -0.409 e. The lowest BCUT2D eigenvalue weighted by atomic mass is 10.1. The third-order valence-electron chi connectivity index (χ3n) is 2.93. The quantitative estimate of drug-likeness (QED) is 0.240. The van der Waals surface area contributed by atoms with E-state index in [2.05, 4.69) is 10.5 Å². The second-order valence-corrected chi connectivity index (χ2v) is 4.20. The van der Waals surface area contributed by atoms with E-state index in [-0.39, 0.29) is 17.6 Å². The number of hydrogen-bond donors (Lipinski definition) is 3. The smallest absolute Gasteiger partial charge is 0.261 e. The number of rotatable bonds is 4. The van der Waals surface area contributed by atoms with Crippen molar-refractivity contribution in [3.05, 3.63) is 29.3 Å². The Morgan fingerprint density at radius 3 is 2.74 bits per heavy atom. The number of fused-ring (bicyclic) bond motifs is 1. The fourth-order valence-electron chi connectivity index (χ4n) is 1.86. The predicted octanol–water partition coefficient (Wildman–Crippen LogP) is 0.461. The Balaban J connectivity index is 2.11. The molecule has 0 radical (unpaired) electrons. The molecule has 0 aliphatic carbocycles. The number of carbonyl (C=O) groups excluding carboxylic acids is 2. The van der Waals surface area contributed by atoms with E-state index in [0.717, 1.165) is 4.90 Å². The molecule has 0 aromatic heterocycles. The van der Waals surface area contributed by atoms with E-state index in [0.29, 0.717) is 29.8 Å². The Morgan fingerprint density at radius 2 is 2.05 bits per heavy atom. The van der Waals surface area contributed by atoms with Crippen molar-refractivity contribution in [3.8, 4) is 0 Å². The van der Waals surface area contributed by atoms with E-state index in [1.807, 2.05) is 0 Å². The molecule has 100 valence electrons. The zero-order valence-electron chi connectivity index (χ0n) is 10.4. The number of amidine groups is 1. The van der Waals surface area contributed by atoms with Crippen LogP contribution in [0.15, 0.2) is 23.4 Å². The molecular weight excluding hydrogens is 248 g/mol. The molecule has 2 amide bonds. The van der Waals surface area contributed by atoms with Gasteiger partial charge in [-0.3, -0.25) is 14.5 Å². The van der Waals surface area contributed by atoms with Gasteiger partial charge in [0.25, 0.3) is 11.8 Å². The molecule has 1 aliphatic heterocycles. The van der Waals surface area contributed by atoms with Crippen molar-refractivity contribution < 1.29 is 14.8 Å². The number of carbonyl (C=O) groups is 2. The summed E-state index contributed by atoms with van der Waals surface area (Å²) in [6.07, 6.45) is 0.375. The average molecular weight is 262 g/mol. The number of amides is 2. The van der Waals surface area contributed by atoms with Crippen LogP contribution in [-0.2, 0) is 0 Å². The minimum atomic E-state index is -0.305. The van der Waals surface area contributed by atoms with E-state index < -0.39 is 0 Å². The van der Waals surface area contributed by atoms with Crippen molar-refractivity contribution in [1.29, 1.82) is 0 Å². The summed E-state index contributed by atoms with van der Waals surface area (Å²) in [6.45, 7) is 0.465. The standard InChI is InChI=1S/C12H14N4O3/c1-16-11(17)8-3-2-7(6-9(8)12(16)18)14-5-4-10(13)15-19/h2-3,6,14,19H,4-5H2,1H3,(H2,13,15). The molecule has 7 nitrogen and oxygen atoms in total. The Kier molecular flexibility index (Phi) is 3.37. The summed E-state index contributed by atoms with van der Waals surface area (Å²) in [5, 5.41) is 14.3. The third kappa shape index (κ3) is 2.35. The molecule has 19 heavy (non-hydrogen) atoms. The number of nitrogens with zero attached hydrogens (tertiary/aromatic N) is 2. The van der Waals surface area contributed by atoms with Crippen molar-refractivity contribution in [2.75, 3.05) is 18.9 Å². The van der Waals surface area contributed by atoms with Crippen LogP contribution in [0.25, 0.3) is 0 Å². The zero-order chi connectivity index (χ0) is 14.0. The first-order valence-corrected chi connectivity index (χ1v) is 5.71. The van der Waals surface area contributed by atoms with E-state index in [1.54, 1.807) is 18.2 Å². The number of anilines is 1. The van der Waals surface area contributed by atoms with Crippen molar-refractivity contribution in [1.82, 2.24) is 4.90 Å². The molecule has 0 spiro atoms. The molecule has 0 fully saturated rings. The molecule has 2 rings (SSSR count). The van der Waals surface area contributed by atoms with Gasteiger partial charge in [-0.25, -0.2) is 0 Å². The summed E-state index contributed by atoms with van der Waals surface area (Å²) in [5.41, 5.74) is 6.85. The van der Waals surface area contributed by atoms with Crippen molar-refractivity contribution in [2.24, 2.45) is 10.9 Å². The van der Waals surface area contributed by atoms with Crippen molar-refractivity contribution in [3.63, 3.8) is 0 Å². The molecule has 0 saturated carbocycles. The SMILES string of the molecule is CN1C(=O)c2ccc(NCCC(N)=NO)cc2C1=O. The van der Waals surface area contributed by atoms with Crippen LogP contribution in [0.4, 0.5) is 5.69 Å². The topological polar surface area (TPSA) is 108 Å². The summed E-state index contributed by atoms with van der Waals surface area (Å²) in [7, 11) is 1.45. The van der Waals surface area contributed by atoms with Gasteiger partial charge in [0.1, 0.15) is 5.84 Å². The van der Waals surface area contributed by atoms with Gasteiger partial charge in [-0.2, -0.15) is 0 Å². The fraction of sp³-hybridized carbons (Fsp3) is 0.250. The Hall–Kier alpha value is -2.57.